The molecule has 0 aliphatic carbocycles. The summed E-state index contributed by atoms with van der Waals surface area (Å²) in [4.78, 5) is 37.3. The van der Waals surface area contributed by atoms with Crippen LogP contribution in [0.3, 0.4) is 0 Å². The van der Waals surface area contributed by atoms with Gasteiger partial charge in [0.15, 0.2) is 0 Å². The number of rotatable bonds is 8. The molecule has 2 amide bonds. The summed E-state index contributed by atoms with van der Waals surface area (Å²) in [5.74, 6) is -0.660. The average molecular weight is 353 g/mol. The second kappa shape index (κ2) is 9.75. The molecule has 2 saturated heterocycles. The topological polar surface area (TPSA) is 98.7 Å². The van der Waals surface area contributed by atoms with Gasteiger partial charge in [-0.3, -0.25) is 14.4 Å². The molecule has 0 aromatic carbocycles. The van der Waals surface area contributed by atoms with Crippen LogP contribution >= 0.6 is 0 Å². The van der Waals surface area contributed by atoms with E-state index >= 15 is 0 Å². The van der Waals surface area contributed by atoms with Crippen molar-refractivity contribution in [2.75, 3.05) is 26.2 Å². The summed E-state index contributed by atoms with van der Waals surface area (Å²) in [6.45, 7) is 5.38. The van der Waals surface area contributed by atoms with E-state index in [9.17, 15) is 14.4 Å². The zero-order valence-electron chi connectivity index (χ0n) is 15.1. The standard InChI is InChI=1S/C18H31N3O4/c1-13(11-17(23)24)20-16(22)12-15-3-2-9-21(18(15)25)10-6-14-4-7-19-8-5-14/h13-15,19H,2-12H2,1H3,(H,20,22)(H,23,24)/t13-,15+/m1/s1. The number of carbonyl (C=O) groups is 3. The normalized spacial score (nSPS) is 23.3. The van der Waals surface area contributed by atoms with Gasteiger partial charge in [0.2, 0.25) is 11.8 Å². The van der Waals surface area contributed by atoms with Gasteiger partial charge in [-0.15, -0.1) is 0 Å². The van der Waals surface area contributed by atoms with Crippen molar-refractivity contribution in [2.24, 2.45) is 11.8 Å². The van der Waals surface area contributed by atoms with E-state index in [0.29, 0.717) is 5.92 Å². The number of carbonyl (C=O) groups excluding carboxylic acids is 2. The molecule has 2 rings (SSSR count). The van der Waals surface area contributed by atoms with Gasteiger partial charge in [0.25, 0.3) is 0 Å². The molecule has 3 N–H and O–H groups in total. The van der Waals surface area contributed by atoms with Gasteiger partial charge in [-0.05, 0) is 58.0 Å². The fourth-order valence-corrected chi connectivity index (χ4v) is 3.81. The summed E-state index contributed by atoms with van der Waals surface area (Å²) in [5.41, 5.74) is 0. The summed E-state index contributed by atoms with van der Waals surface area (Å²) in [7, 11) is 0. The quantitative estimate of drug-likeness (QED) is 0.604. The van der Waals surface area contributed by atoms with Crippen molar-refractivity contribution in [3.63, 3.8) is 0 Å². The highest BCUT2D eigenvalue weighted by atomic mass is 16.4. The number of piperidine rings is 2. The first-order chi connectivity index (χ1) is 12.0. The Morgan fingerprint density at radius 1 is 1.32 bits per heavy atom. The van der Waals surface area contributed by atoms with E-state index in [1.54, 1.807) is 6.92 Å². The Morgan fingerprint density at radius 3 is 2.72 bits per heavy atom. The molecule has 0 saturated carbocycles. The number of amides is 2. The van der Waals surface area contributed by atoms with Crippen LogP contribution in [0.25, 0.3) is 0 Å². The van der Waals surface area contributed by atoms with Crippen molar-refractivity contribution in [2.45, 2.75) is 57.9 Å². The number of nitrogens with one attached hydrogen (secondary N) is 2. The predicted octanol–water partition coefficient (Wildman–Crippen LogP) is 0.984. The largest absolute Gasteiger partial charge is 0.481 e. The van der Waals surface area contributed by atoms with Crippen LogP contribution in [0, 0.1) is 11.8 Å². The molecule has 142 valence electrons. The highest BCUT2D eigenvalue weighted by molar-refractivity contribution is 5.86. The van der Waals surface area contributed by atoms with Crippen LogP contribution in [0.15, 0.2) is 0 Å². The van der Waals surface area contributed by atoms with Crippen molar-refractivity contribution in [1.29, 1.82) is 0 Å². The van der Waals surface area contributed by atoms with E-state index in [0.717, 1.165) is 45.4 Å². The van der Waals surface area contributed by atoms with Gasteiger partial charge < -0.3 is 20.6 Å². The summed E-state index contributed by atoms with van der Waals surface area (Å²) in [6.07, 6.45) is 5.12. The number of aliphatic carboxylic acids is 1. The molecule has 2 heterocycles. The lowest BCUT2D eigenvalue weighted by molar-refractivity contribution is -0.142. The van der Waals surface area contributed by atoms with E-state index < -0.39 is 12.0 Å². The fourth-order valence-electron chi connectivity index (χ4n) is 3.81. The molecular weight excluding hydrogens is 322 g/mol. The minimum absolute atomic E-state index is 0.0845. The van der Waals surface area contributed by atoms with E-state index in [-0.39, 0.29) is 30.6 Å². The van der Waals surface area contributed by atoms with E-state index in [1.165, 1.54) is 12.8 Å². The zero-order chi connectivity index (χ0) is 18.2. The predicted molar refractivity (Wildman–Crippen MR) is 94.0 cm³/mol. The maximum atomic E-state index is 12.6. The lowest BCUT2D eigenvalue weighted by Gasteiger charge is -2.34. The summed E-state index contributed by atoms with van der Waals surface area (Å²) >= 11 is 0. The fraction of sp³-hybridized carbons (Fsp3) is 0.833. The van der Waals surface area contributed by atoms with Crippen LogP contribution in [0.1, 0.15) is 51.9 Å². The lowest BCUT2D eigenvalue weighted by atomic mass is 9.91. The van der Waals surface area contributed by atoms with Crippen molar-refractivity contribution in [3.05, 3.63) is 0 Å². The van der Waals surface area contributed by atoms with E-state index in [1.807, 2.05) is 4.90 Å². The molecule has 0 spiro atoms. The van der Waals surface area contributed by atoms with Gasteiger partial charge in [-0.25, -0.2) is 0 Å². The Labute approximate surface area is 149 Å². The average Bonchev–Trinajstić information content (AvgIpc) is 2.55. The molecule has 0 unspecified atom stereocenters. The Kier molecular flexibility index (Phi) is 7.68. The van der Waals surface area contributed by atoms with E-state index in [2.05, 4.69) is 10.6 Å². The van der Waals surface area contributed by atoms with E-state index in [4.69, 9.17) is 5.11 Å². The SMILES string of the molecule is C[C@H](CC(=O)O)NC(=O)C[C@@H]1CCCN(CCC2CCNCC2)C1=O. The third kappa shape index (κ3) is 6.65. The third-order valence-corrected chi connectivity index (χ3v) is 5.23. The third-order valence-electron chi connectivity index (χ3n) is 5.23. The van der Waals surface area contributed by atoms with Crippen LogP contribution in [0.4, 0.5) is 0 Å². The summed E-state index contributed by atoms with van der Waals surface area (Å²) in [6, 6.07) is -0.417. The van der Waals surface area contributed by atoms with Crippen molar-refractivity contribution in [3.8, 4) is 0 Å². The highest BCUT2D eigenvalue weighted by Crippen LogP contribution is 2.23. The molecule has 0 bridgehead atoms. The zero-order valence-corrected chi connectivity index (χ0v) is 15.1. The number of nitrogens with zero attached hydrogens (tertiary/aromatic N) is 1. The van der Waals surface area contributed by atoms with Crippen LogP contribution in [-0.2, 0) is 14.4 Å². The molecule has 7 nitrogen and oxygen atoms in total. The second-order valence-corrected chi connectivity index (χ2v) is 7.42. The first-order valence-corrected chi connectivity index (χ1v) is 9.46. The van der Waals surface area contributed by atoms with Crippen LogP contribution in [0.5, 0.6) is 0 Å². The van der Waals surface area contributed by atoms with Crippen LogP contribution in [-0.4, -0.2) is 60.0 Å². The molecule has 0 aromatic heterocycles. The molecule has 2 aliphatic rings. The van der Waals surface area contributed by atoms with Gasteiger partial charge in [0.05, 0.1) is 6.42 Å². The molecule has 2 atom stereocenters. The molecule has 0 aromatic rings. The molecule has 25 heavy (non-hydrogen) atoms. The van der Waals surface area contributed by atoms with Gasteiger partial charge in [0, 0.05) is 31.5 Å². The molecule has 0 radical (unpaired) electrons. The minimum atomic E-state index is -0.939. The minimum Gasteiger partial charge on any atom is -0.481 e. The number of carboxylic acid groups (broad SMARTS) is 1. The summed E-state index contributed by atoms with van der Waals surface area (Å²) in [5, 5.41) is 14.8. The first kappa shape index (κ1) is 19.7. The van der Waals surface area contributed by atoms with Crippen molar-refractivity contribution < 1.29 is 19.5 Å². The Hall–Kier alpha value is -1.63. The first-order valence-electron chi connectivity index (χ1n) is 9.46. The van der Waals surface area contributed by atoms with Gasteiger partial charge in [-0.2, -0.15) is 0 Å². The van der Waals surface area contributed by atoms with Crippen LogP contribution < -0.4 is 10.6 Å². The van der Waals surface area contributed by atoms with Gasteiger partial charge >= 0.3 is 5.97 Å². The highest BCUT2D eigenvalue weighted by Gasteiger charge is 2.31. The Morgan fingerprint density at radius 2 is 2.04 bits per heavy atom. The molecular formula is C18H31N3O4. The Balaban J connectivity index is 1.76. The number of carboxylic acids is 1. The molecule has 2 aliphatic heterocycles. The van der Waals surface area contributed by atoms with Gasteiger partial charge in [0.1, 0.15) is 0 Å². The molecule has 7 heteroatoms. The number of hydrogen-bond donors (Lipinski definition) is 3. The second-order valence-electron chi connectivity index (χ2n) is 7.42. The van der Waals surface area contributed by atoms with Crippen molar-refractivity contribution in [1.82, 2.24) is 15.5 Å². The van der Waals surface area contributed by atoms with Crippen LogP contribution in [0.2, 0.25) is 0 Å². The maximum absolute atomic E-state index is 12.6. The Bertz CT molecular complexity index is 477. The smallest absolute Gasteiger partial charge is 0.305 e. The lowest BCUT2D eigenvalue weighted by Crippen LogP contribution is -2.45. The number of hydrogen-bond acceptors (Lipinski definition) is 4. The maximum Gasteiger partial charge on any atom is 0.305 e. The number of likely N-dealkylation sites (tertiary alicyclic amines) is 1. The summed E-state index contributed by atoms with van der Waals surface area (Å²) < 4.78 is 0. The monoisotopic (exact) mass is 353 g/mol. The molecule has 2 fully saturated rings. The van der Waals surface area contributed by atoms with Gasteiger partial charge in [-0.1, -0.05) is 0 Å². The van der Waals surface area contributed by atoms with Crippen molar-refractivity contribution >= 4 is 17.8 Å².